The molecule has 1 unspecified atom stereocenters. The molecule has 0 bridgehead atoms. The first-order chi connectivity index (χ1) is 11.2. The quantitative estimate of drug-likeness (QED) is 0.616. The molecule has 0 aromatic carbocycles. The Kier molecular flexibility index (Phi) is 6.40. The van der Waals surface area contributed by atoms with Crippen molar-refractivity contribution in [2.45, 2.75) is 34.2 Å². The van der Waals surface area contributed by atoms with E-state index in [1.165, 1.54) is 10.4 Å². The number of ether oxygens (including phenoxy) is 1. The van der Waals surface area contributed by atoms with Crippen LogP contribution in [0.5, 0.6) is 0 Å². The third kappa shape index (κ3) is 4.15. The van der Waals surface area contributed by atoms with Crippen molar-refractivity contribution in [3.05, 3.63) is 11.6 Å². The van der Waals surface area contributed by atoms with Crippen LogP contribution in [0.25, 0.3) is 0 Å². The Labute approximate surface area is 147 Å². The Balaban J connectivity index is 2.42. The Hall–Kier alpha value is -0.560. The average molecular weight is 398 g/mol. The zero-order valence-electron chi connectivity index (χ0n) is 13.7. The largest absolute Gasteiger partial charge is 0.385 e. The lowest BCUT2D eigenvalue weighted by Gasteiger charge is -2.32. The standard InChI is InChI=1S/C13H23N3O5S3/c1-3-5-15-11-9-16(6-4-7-21-2)24(19,20)13-10(11)8-12(22-13)23(14,17)18/h8,11,15H,3-7,9H2,1-2H3,(H2,14,17,18). The van der Waals surface area contributed by atoms with Crippen LogP contribution < -0.4 is 10.5 Å². The number of hydrogen-bond acceptors (Lipinski definition) is 7. The van der Waals surface area contributed by atoms with Crippen molar-refractivity contribution in [3.8, 4) is 0 Å². The molecular weight excluding hydrogens is 374 g/mol. The summed E-state index contributed by atoms with van der Waals surface area (Å²) in [6, 6.07) is 1.13. The first kappa shape index (κ1) is 19.8. The summed E-state index contributed by atoms with van der Waals surface area (Å²) in [5, 5.41) is 8.46. The minimum absolute atomic E-state index is 0.0591. The van der Waals surface area contributed by atoms with Crippen molar-refractivity contribution < 1.29 is 21.6 Å². The molecule has 138 valence electrons. The smallest absolute Gasteiger partial charge is 0.252 e. The minimum Gasteiger partial charge on any atom is -0.385 e. The van der Waals surface area contributed by atoms with Gasteiger partial charge >= 0.3 is 0 Å². The predicted molar refractivity (Wildman–Crippen MR) is 92.0 cm³/mol. The van der Waals surface area contributed by atoms with Crippen molar-refractivity contribution in [3.63, 3.8) is 0 Å². The normalized spacial score (nSPS) is 20.9. The van der Waals surface area contributed by atoms with Gasteiger partial charge < -0.3 is 10.1 Å². The van der Waals surface area contributed by atoms with Crippen LogP contribution in [0.15, 0.2) is 14.5 Å². The third-order valence-electron chi connectivity index (χ3n) is 3.72. The molecule has 24 heavy (non-hydrogen) atoms. The summed E-state index contributed by atoms with van der Waals surface area (Å²) >= 11 is 0.716. The molecule has 0 saturated carbocycles. The molecule has 8 nitrogen and oxygen atoms in total. The van der Waals surface area contributed by atoms with Crippen molar-refractivity contribution in [2.75, 3.05) is 33.4 Å². The Morgan fingerprint density at radius 1 is 1.50 bits per heavy atom. The summed E-state index contributed by atoms with van der Waals surface area (Å²) in [7, 11) is -6.10. The van der Waals surface area contributed by atoms with Gasteiger partial charge in [0.1, 0.15) is 8.42 Å². The minimum atomic E-state index is -3.94. The Morgan fingerprint density at radius 3 is 2.79 bits per heavy atom. The van der Waals surface area contributed by atoms with Crippen LogP contribution in [0, 0.1) is 0 Å². The van der Waals surface area contributed by atoms with Gasteiger partial charge in [0.05, 0.1) is 0 Å². The fraction of sp³-hybridized carbons (Fsp3) is 0.692. The van der Waals surface area contributed by atoms with E-state index in [1.807, 2.05) is 6.92 Å². The number of sulfonamides is 2. The van der Waals surface area contributed by atoms with Crippen molar-refractivity contribution >= 4 is 31.4 Å². The van der Waals surface area contributed by atoms with Crippen LogP contribution >= 0.6 is 11.3 Å². The summed E-state index contributed by atoms with van der Waals surface area (Å²) in [5.41, 5.74) is 0.487. The molecule has 0 aliphatic carbocycles. The second kappa shape index (κ2) is 7.77. The van der Waals surface area contributed by atoms with E-state index in [0.717, 1.165) is 6.42 Å². The molecule has 1 aliphatic heterocycles. The van der Waals surface area contributed by atoms with Gasteiger partial charge in [0.25, 0.3) is 10.0 Å². The van der Waals surface area contributed by atoms with Crippen LogP contribution in [-0.4, -0.2) is 54.5 Å². The molecule has 2 rings (SSSR count). The SMILES string of the molecule is CCCNC1CN(CCCOC)S(=O)(=O)c2sc(S(N)(=O)=O)cc21. The zero-order valence-corrected chi connectivity index (χ0v) is 16.1. The number of primary sulfonamides is 1. The molecule has 0 fully saturated rings. The van der Waals surface area contributed by atoms with Crippen molar-refractivity contribution in [1.82, 2.24) is 9.62 Å². The molecule has 2 heterocycles. The van der Waals surface area contributed by atoms with Gasteiger partial charge in [0.2, 0.25) is 10.0 Å². The summed E-state index contributed by atoms with van der Waals surface area (Å²) in [6.07, 6.45) is 1.45. The van der Waals surface area contributed by atoms with Gasteiger partial charge in [0.15, 0.2) is 0 Å². The van der Waals surface area contributed by atoms with E-state index in [9.17, 15) is 16.8 Å². The number of rotatable bonds is 8. The summed E-state index contributed by atoms with van der Waals surface area (Å²) in [4.78, 5) is 0. The monoisotopic (exact) mass is 397 g/mol. The lowest BCUT2D eigenvalue weighted by atomic mass is 10.1. The topological polar surface area (TPSA) is 119 Å². The predicted octanol–water partition coefficient (Wildman–Crippen LogP) is 0.477. The molecule has 0 amide bonds. The van der Waals surface area contributed by atoms with E-state index in [1.54, 1.807) is 7.11 Å². The van der Waals surface area contributed by atoms with E-state index in [4.69, 9.17) is 9.88 Å². The van der Waals surface area contributed by atoms with Gasteiger partial charge in [-0.1, -0.05) is 6.92 Å². The Morgan fingerprint density at radius 2 is 2.21 bits per heavy atom. The van der Waals surface area contributed by atoms with E-state index in [2.05, 4.69) is 5.32 Å². The van der Waals surface area contributed by atoms with Crippen molar-refractivity contribution in [2.24, 2.45) is 5.14 Å². The highest BCUT2D eigenvalue weighted by molar-refractivity contribution is 7.94. The van der Waals surface area contributed by atoms with E-state index in [0.29, 0.717) is 43.0 Å². The maximum absolute atomic E-state index is 12.8. The first-order valence-electron chi connectivity index (χ1n) is 7.60. The van der Waals surface area contributed by atoms with Crippen molar-refractivity contribution in [1.29, 1.82) is 0 Å². The van der Waals surface area contributed by atoms with Crippen LogP contribution in [0.1, 0.15) is 31.4 Å². The molecule has 11 heteroatoms. The molecule has 0 saturated heterocycles. The molecular formula is C13H23N3O5S3. The number of nitrogens with two attached hydrogens (primary N) is 1. The number of nitrogens with one attached hydrogen (secondary N) is 1. The lowest BCUT2D eigenvalue weighted by Crippen LogP contribution is -2.44. The maximum Gasteiger partial charge on any atom is 0.252 e. The summed E-state index contributed by atoms with van der Waals surface area (Å²) in [5.74, 6) is 0. The van der Waals surface area contributed by atoms with Gasteiger partial charge in [-0.25, -0.2) is 22.0 Å². The lowest BCUT2D eigenvalue weighted by molar-refractivity contribution is 0.185. The number of hydrogen-bond donors (Lipinski definition) is 2. The number of nitrogens with zero attached hydrogens (tertiary/aromatic N) is 1. The maximum atomic E-state index is 12.8. The van der Waals surface area contributed by atoms with Gasteiger partial charge in [-0.2, -0.15) is 4.31 Å². The summed E-state index contributed by atoms with van der Waals surface area (Å²) in [6.45, 7) is 3.75. The Bertz CT molecular complexity index is 773. The molecule has 0 spiro atoms. The number of methoxy groups -OCH3 is 1. The summed E-state index contributed by atoms with van der Waals surface area (Å²) < 4.78 is 55.1. The molecule has 1 aliphatic rings. The number of thiophene rings is 1. The second-order valence-corrected chi connectivity index (χ2v) is 10.5. The van der Waals surface area contributed by atoms with Crippen LogP contribution in [0.4, 0.5) is 0 Å². The number of fused-ring (bicyclic) bond motifs is 1. The third-order valence-corrected chi connectivity index (χ3v) is 8.68. The van der Waals surface area contributed by atoms with Crippen LogP contribution in [0.3, 0.4) is 0 Å². The van der Waals surface area contributed by atoms with E-state index < -0.39 is 20.0 Å². The van der Waals surface area contributed by atoms with Crippen LogP contribution in [0.2, 0.25) is 0 Å². The van der Waals surface area contributed by atoms with E-state index in [-0.39, 0.29) is 21.0 Å². The fourth-order valence-electron chi connectivity index (χ4n) is 2.56. The van der Waals surface area contributed by atoms with Gasteiger partial charge in [0, 0.05) is 38.4 Å². The highest BCUT2D eigenvalue weighted by Crippen LogP contribution is 2.39. The second-order valence-electron chi connectivity index (χ2n) is 5.57. The molecule has 1 aromatic rings. The molecule has 0 radical (unpaired) electrons. The van der Waals surface area contributed by atoms with Gasteiger partial charge in [-0.3, -0.25) is 0 Å². The van der Waals surface area contributed by atoms with Gasteiger partial charge in [-0.05, 0) is 25.5 Å². The highest BCUT2D eigenvalue weighted by atomic mass is 32.3. The molecule has 3 N–H and O–H groups in total. The molecule has 1 atom stereocenters. The average Bonchev–Trinajstić information content (AvgIpc) is 2.95. The van der Waals surface area contributed by atoms with Gasteiger partial charge in [-0.15, -0.1) is 11.3 Å². The zero-order chi connectivity index (χ0) is 18.0. The molecule has 1 aromatic heterocycles. The highest BCUT2D eigenvalue weighted by Gasteiger charge is 2.39. The first-order valence-corrected chi connectivity index (χ1v) is 11.4. The fourth-order valence-corrected chi connectivity index (χ4v) is 6.86. The van der Waals surface area contributed by atoms with E-state index >= 15 is 0 Å². The van der Waals surface area contributed by atoms with Crippen LogP contribution in [-0.2, 0) is 24.8 Å².